The SMILES string of the molecule is CCN(CC)CC.COC(=O)c1ccc2c(c1)N(C(=O)c1ccc(OC)cc1)CCO2.COC(=O)c1ccc2c(c1)NCCO2.COc1ccc(C(=O)N2CCOc3ccc(C(=O)NO)cc32)cc1.O=C(Cl)c1ccccc1. The van der Waals surface area contributed by atoms with Crippen LogP contribution in [0, 0.1) is 0 Å². The summed E-state index contributed by atoms with van der Waals surface area (Å²) in [5.74, 6) is 1.39. The van der Waals surface area contributed by atoms with Gasteiger partial charge in [0.05, 0.1) is 69.7 Å². The fourth-order valence-electron chi connectivity index (χ4n) is 7.71. The Bertz CT molecular complexity index is 2820. The lowest BCUT2D eigenvalue weighted by atomic mass is 10.1. The molecule has 6 aromatic carbocycles. The Morgan fingerprint density at radius 2 is 0.974 bits per heavy atom. The molecule has 0 atom stereocenters. The van der Waals surface area contributed by atoms with E-state index in [1.54, 1.807) is 145 Å². The first-order chi connectivity index (χ1) is 37.7. The van der Waals surface area contributed by atoms with Gasteiger partial charge in [-0.15, -0.1) is 0 Å². The summed E-state index contributed by atoms with van der Waals surface area (Å²) in [5, 5.41) is 11.5. The maximum absolute atomic E-state index is 12.8. The molecule has 0 saturated carbocycles. The minimum Gasteiger partial charge on any atom is -0.497 e. The fraction of sp³-hybridized carbons (Fsp3) is 0.276. The molecular formula is C58H64ClN5O14. The molecule has 0 aliphatic carbocycles. The molecule has 3 heterocycles. The van der Waals surface area contributed by atoms with Crippen molar-refractivity contribution in [2.75, 3.05) is 103 Å². The van der Waals surface area contributed by atoms with Gasteiger partial charge in [-0.05, 0) is 134 Å². The van der Waals surface area contributed by atoms with Gasteiger partial charge in [0.15, 0.2) is 0 Å². The van der Waals surface area contributed by atoms with E-state index in [9.17, 15) is 28.8 Å². The zero-order valence-electron chi connectivity index (χ0n) is 44.5. The average molecular weight is 1090 g/mol. The zero-order valence-corrected chi connectivity index (χ0v) is 45.3. The van der Waals surface area contributed by atoms with Crippen LogP contribution in [0.3, 0.4) is 0 Å². The van der Waals surface area contributed by atoms with E-state index in [-0.39, 0.29) is 23.3 Å². The Hall–Kier alpha value is -8.65. The number of hydroxylamine groups is 1. The summed E-state index contributed by atoms with van der Waals surface area (Å²) in [4.78, 5) is 76.1. The minimum atomic E-state index is -0.653. The molecule has 20 heteroatoms. The number of nitrogens with one attached hydrogen (secondary N) is 2. The molecule has 0 aromatic heterocycles. The lowest BCUT2D eigenvalue weighted by Crippen LogP contribution is -2.38. The van der Waals surface area contributed by atoms with Crippen molar-refractivity contribution < 1.29 is 67.1 Å². The molecule has 6 aromatic rings. The average Bonchev–Trinajstić information content (AvgIpc) is 3.50. The Morgan fingerprint density at radius 1 is 0.551 bits per heavy atom. The van der Waals surface area contributed by atoms with Crippen LogP contribution in [-0.2, 0) is 9.47 Å². The van der Waals surface area contributed by atoms with E-state index in [2.05, 4.69) is 35.7 Å². The van der Waals surface area contributed by atoms with E-state index in [0.29, 0.717) is 95.1 Å². The van der Waals surface area contributed by atoms with E-state index >= 15 is 0 Å². The van der Waals surface area contributed by atoms with E-state index in [1.807, 2.05) is 6.07 Å². The summed E-state index contributed by atoms with van der Waals surface area (Å²) in [5.41, 5.74) is 6.18. The number of esters is 2. The Balaban J connectivity index is 0.000000193. The summed E-state index contributed by atoms with van der Waals surface area (Å²) in [6.07, 6.45) is 0. The number of fused-ring (bicyclic) bond motifs is 3. The smallest absolute Gasteiger partial charge is 0.337 e. The number of methoxy groups -OCH3 is 4. The molecule has 0 spiro atoms. The number of hydrogen-bond donors (Lipinski definition) is 3. The number of rotatable bonds is 11. The highest BCUT2D eigenvalue weighted by Gasteiger charge is 2.28. The number of halogens is 1. The molecule has 0 bridgehead atoms. The molecule has 0 saturated heterocycles. The molecule has 3 aliphatic heterocycles. The quantitative estimate of drug-likeness (QED) is 0.0477. The van der Waals surface area contributed by atoms with E-state index < -0.39 is 17.1 Å². The van der Waals surface area contributed by atoms with E-state index in [1.165, 1.54) is 46.0 Å². The van der Waals surface area contributed by atoms with E-state index in [4.69, 9.17) is 45.2 Å². The van der Waals surface area contributed by atoms with Gasteiger partial charge in [0.25, 0.3) is 23.0 Å². The maximum Gasteiger partial charge on any atom is 0.337 e. The van der Waals surface area contributed by atoms with Gasteiger partial charge in [-0.2, -0.15) is 0 Å². The Morgan fingerprint density at radius 3 is 1.38 bits per heavy atom. The molecule has 9 rings (SSSR count). The third-order valence-electron chi connectivity index (χ3n) is 12.0. The number of benzene rings is 6. The van der Waals surface area contributed by atoms with Crippen LogP contribution in [-0.4, -0.2) is 133 Å². The van der Waals surface area contributed by atoms with Gasteiger partial charge in [-0.1, -0.05) is 51.1 Å². The topological polar surface area (TPSA) is 221 Å². The van der Waals surface area contributed by atoms with Crippen molar-refractivity contribution in [1.29, 1.82) is 0 Å². The van der Waals surface area contributed by atoms with Gasteiger partial charge in [-0.3, -0.25) is 24.4 Å². The third kappa shape index (κ3) is 16.7. The van der Waals surface area contributed by atoms with Crippen LogP contribution in [0.4, 0.5) is 17.1 Å². The van der Waals surface area contributed by atoms with Gasteiger partial charge >= 0.3 is 11.9 Å². The molecule has 0 radical (unpaired) electrons. The molecule has 0 unspecified atom stereocenters. The summed E-state index contributed by atoms with van der Waals surface area (Å²) < 4.78 is 36.0. The van der Waals surface area contributed by atoms with Crippen molar-refractivity contribution >= 4 is 63.6 Å². The molecule has 19 nitrogen and oxygen atoms in total. The Labute approximate surface area is 458 Å². The van der Waals surface area contributed by atoms with Crippen molar-refractivity contribution in [2.45, 2.75) is 20.8 Å². The van der Waals surface area contributed by atoms with E-state index in [0.717, 1.165) is 18.0 Å². The first-order valence-electron chi connectivity index (χ1n) is 24.8. The Kier molecular flexibility index (Phi) is 23.8. The lowest BCUT2D eigenvalue weighted by Gasteiger charge is -2.30. The first-order valence-corrected chi connectivity index (χ1v) is 25.2. The first kappa shape index (κ1) is 60.2. The molecule has 412 valence electrons. The second-order valence-corrected chi connectivity index (χ2v) is 16.9. The monoisotopic (exact) mass is 1090 g/mol. The van der Waals surface area contributed by atoms with Gasteiger partial charge in [-0.25, -0.2) is 15.1 Å². The van der Waals surface area contributed by atoms with Crippen molar-refractivity contribution in [3.63, 3.8) is 0 Å². The number of hydrogen-bond acceptors (Lipinski definition) is 16. The standard InChI is InChI=1S/C18H17NO5.C17H16N2O5.C10H11NO3.C7H5ClO.C6H15N/c1-22-14-6-3-12(4-7-14)17(20)19-9-10-24-16-8-5-13(11-15(16)19)18(21)23-2;1-23-13-5-2-11(3-6-13)17(21)19-8-9-24-15-7-4-12(10-14(15)19)16(20)18-22;1-13-10(12)7-2-3-9-8(6-7)11-4-5-14-9;8-7(9)6-4-2-1-3-5-6;1-4-7(5-2)6-3/h3-8,11H,9-10H2,1-2H3;2-7,10,22H,8-9H2,1H3,(H,18,20);2-3,6,11H,4-5H2,1H3;1-5H;4-6H2,1-3H3. The van der Waals surface area contributed by atoms with Gasteiger partial charge in [0, 0.05) is 28.8 Å². The third-order valence-corrected chi connectivity index (χ3v) is 12.2. The molecule has 78 heavy (non-hydrogen) atoms. The van der Waals surface area contributed by atoms with Crippen LogP contribution in [0.25, 0.3) is 0 Å². The van der Waals surface area contributed by atoms with Gasteiger partial charge < -0.3 is 53.2 Å². The minimum absolute atomic E-state index is 0.163. The number of carbonyl (C=O) groups excluding carboxylic acids is 6. The van der Waals surface area contributed by atoms with Crippen LogP contribution >= 0.6 is 11.6 Å². The highest BCUT2D eigenvalue weighted by molar-refractivity contribution is 6.67. The fourth-order valence-corrected chi connectivity index (χ4v) is 7.84. The summed E-state index contributed by atoms with van der Waals surface area (Å²) in [7, 11) is 5.82. The molecule has 3 aliphatic rings. The normalized spacial score (nSPS) is 12.3. The van der Waals surface area contributed by atoms with Crippen LogP contribution in [0.15, 0.2) is 133 Å². The number of nitrogens with zero attached hydrogens (tertiary/aromatic N) is 3. The number of carbonyl (C=O) groups is 6. The van der Waals surface area contributed by atoms with Crippen molar-refractivity contribution in [3.05, 3.63) is 167 Å². The predicted octanol–water partition coefficient (Wildman–Crippen LogP) is 9.07. The van der Waals surface area contributed by atoms with Gasteiger partial charge in [0.1, 0.15) is 48.6 Å². The number of ether oxygens (including phenoxy) is 7. The largest absolute Gasteiger partial charge is 0.497 e. The zero-order chi connectivity index (χ0) is 56.6. The summed E-state index contributed by atoms with van der Waals surface area (Å²) in [6, 6.07) is 37.2. The van der Waals surface area contributed by atoms with Crippen LogP contribution in [0.2, 0.25) is 0 Å². The molecular weight excluding hydrogens is 1030 g/mol. The predicted molar refractivity (Wildman–Crippen MR) is 296 cm³/mol. The summed E-state index contributed by atoms with van der Waals surface area (Å²) in [6.45, 7) is 13.1. The highest BCUT2D eigenvalue weighted by Crippen LogP contribution is 2.35. The van der Waals surface area contributed by atoms with Crippen molar-refractivity contribution in [3.8, 4) is 28.7 Å². The number of amides is 3. The highest BCUT2D eigenvalue weighted by atomic mass is 35.5. The second kappa shape index (κ2) is 30.8. The maximum atomic E-state index is 12.8. The van der Waals surface area contributed by atoms with Crippen molar-refractivity contribution in [2.24, 2.45) is 0 Å². The van der Waals surface area contributed by atoms with Crippen LogP contribution < -0.4 is 44.3 Å². The van der Waals surface area contributed by atoms with Crippen LogP contribution in [0.1, 0.15) is 82.9 Å². The molecule has 3 amide bonds. The van der Waals surface area contributed by atoms with Crippen LogP contribution in [0.5, 0.6) is 28.7 Å². The second-order valence-electron chi connectivity index (χ2n) is 16.6. The lowest BCUT2D eigenvalue weighted by molar-refractivity contribution is 0.0592. The molecule has 3 N–H and O–H groups in total. The summed E-state index contributed by atoms with van der Waals surface area (Å²) >= 11 is 5.16. The molecule has 0 fully saturated rings. The van der Waals surface area contributed by atoms with Crippen molar-refractivity contribution in [1.82, 2.24) is 10.4 Å². The number of anilines is 3. The van der Waals surface area contributed by atoms with Gasteiger partial charge in [0.2, 0.25) is 0 Å².